The predicted octanol–water partition coefficient (Wildman–Crippen LogP) is 3.73. The van der Waals surface area contributed by atoms with E-state index in [1.165, 1.54) is 0 Å². The molecule has 0 bridgehead atoms. The van der Waals surface area contributed by atoms with Crippen LogP contribution in [-0.4, -0.2) is 9.97 Å². The van der Waals surface area contributed by atoms with Crippen molar-refractivity contribution >= 4 is 36.4 Å². The van der Waals surface area contributed by atoms with E-state index < -0.39 is 0 Å². The number of pyridine rings is 2. The van der Waals surface area contributed by atoms with E-state index in [-0.39, 0.29) is 24.8 Å². The summed E-state index contributed by atoms with van der Waals surface area (Å²) >= 11 is 5.67. The van der Waals surface area contributed by atoms with Crippen molar-refractivity contribution in [3.8, 4) is 11.4 Å². The van der Waals surface area contributed by atoms with Gasteiger partial charge in [-0.15, -0.1) is 36.4 Å². The average molecular weight is 278 g/mol. The van der Waals surface area contributed by atoms with Gasteiger partial charge in [-0.1, -0.05) is 12.1 Å². The molecule has 0 amide bonds. The van der Waals surface area contributed by atoms with Gasteiger partial charge in [0, 0.05) is 18.3 Å². The molecular weight excluding hydrogens is 266 g/mol. The first-order chi connectivity index (χ1) is 6.90. The van der Waals surface area contributed by atoms with Crippen molar-refractivity contribution in [1.82, 2.24) is 9.97 Å². The fourth-order valence-electron chi connectivity index (χ4n) is 1.17. The molecule has 86 valence electrons. The third kappa shape index (κ3) is 3.63. The summed E-state index contributed by atoms with van der Waals surface area (Å²) in [6.45, 7) is 0. The lowest BCUT2D eigenvalue weighted by molar-refractivity contribution is 1.21. The lowest BCUT2D eigenvalue weighted by Crippen LogP contribution is -1.87. The van der Waals surface area contributed by atoms with Gasteiger partial charge in [-0.05, 0) is 23.8 Å². The van der Waals surface area contributed by atoms with Crippen molar-refractivity contribution in [2.24, 2.45) is 0 Å². The number of nitrogens with zero attached hydrogens (tertiary/aromatic N) is 2. The summed E-state index contributed by atoms with van der Waals surface area (Å²) in [7, 11) is 0. The second kappa shape index (κ2) is 7.44. The molecule has 0 aliphatic rings. The molecule has 2 rings (SSSR count). The van der Waals surface area contributed by atoms with E-state index in [1.807, 2.05) is 30.3 Å². The molecule has 0 saturated heterocycles. The fourth-order valence-corrected chi connectivity index (χ4v) is 1.33. The highest BCUT2D eigenvalue weighted by Crippen LogP contribution is 2.13. The van der Waals surface area contributed by atoms with Gasteiger partial charge in [-0.25, -0.2) is 0 Å². The van der Waals surface area contributed by atoms with E-state index in [1.54, 1.807) is 12.4 Å². The van der Waals surface area contributed by atoms with Crippen molar-refractivity contribution < 1.29 is 0 Å². The molecule has 0 unspecified atom stereocenters. The molecule has 0 radical (unpaired) electrons. The van der Waals surface area contributed by atoms with Crippen LogP contribution < -0.4 is 0 Å². The van der Waals surface area contributed by atoms with Gasteiger partial charge >= 0.3 is 0 Å². The minimum Gasteiger partial charge on any atom is -0.255 e. The molecule has 0 aliphatic carbocycles. The van der Waals surface area contributed by atoms with Crippen molar-refractivity contribution in [3.63, 3.8) is 0 Å². The number of hydrogen-bond donors (Lipinski definition) is 0. The SMILES string of the molecule is Cl.Cl.ClCc1ccc(-c2ccccn2)nc1. The first kappa shape index (κ1) is 15.2. The third-order valence-electron chi connectivity index (χ3n) is 1.91. The Labute approximate surface area is 112 Å². The zero-order valence-electron chi connectivity index (χ0n) is 8.34. The largest absolute Gasteiger partial charge is 0.255 e. The topological polar surface area (TPSA) is 25.8 Å². The van der Waals surface area contributed by atoms with Crippen LogP contribution in [0.4, 0.5) is 0 Å². The van der Waals surface area contributed by atoms with E-state index in [2.05, 4.69) is 9.97 Å². The van der Waals surface area contributed by atoms with Gasteiger partial charge in [-0.2, -0.15) is 0 Å². The fraction of sp³-hybridized carbons (Fsp3) is 0.0909. The van der Waals surface area contributed by atoms with Gasteiger partial charge in [0.15, 0.2) is 0 Å². The van der Waals surface area contributed by atoms with Gasteiger partial charge in [-0.3, -0.25) is 9.97 Å². The molecule has 2 aromatic heterocycles. The monoisotopic (exact) mass is 276 g/mol. The van der Waals surface area contributed by atoms with Crippen LogP contribution in [0.25, 0.3) is 11.4 Å². The Morgan fingerprint density at radius 3 is 2.19 bits per heavy atom. The Bertz CT molecular complexity index is 403. The summed E-state index contributed by atoms with van der Waals surface area (Å²) in [6, 6.07) is 9.66. The molecule has 0 fully saturated rings. The summed E-state index contributed by atoms with van der Waals surface area (Å²) in [5.41, 5.74) is 2.78. The van der Waals surface area contributed by atoms with Crippen molar-refractivity contribution in [3.05, 3.63) is 48.3 Å². The summed E-state index contributed by atoms with van der Waals surface area (Å²) in [6.07, 6.45) is 3.53. The van der Waals surface area contributed by atoms with Crippen LogP contribution in [0.3, 0.4) is 0 Å². The highest BCUT2D eigenvalue weighted by atomic mass is 35.5. The smallest absolute Gasteiger partial charge is 0.0886 e. The molecule has 2 aromatic rings. The zero-order chi connectivity index (χ0) is 9.80. The van der Waals surface area contributed by atoms with E-state index >= 15 is 0 Å². The number of alkyl halides is 1. The van der Waals surface area contributed by atoms with E-state index in [4.69, 9.17) is 11.6 Å². The number of aromatic nitrogens is 2. The molecule has 2 nitrogen and oxygen atoms in total. The average Bonchev–Trinajstić information content (AvgIpc) is 2.30. The standard InChI is InChI=1S/C11H9ClN2.2ClH/c12-7-9-4-5-11(14-8-9)10-3-1-2-6-13-10;;/h1-6,8H,7H2;2*1H. The van der Waals surface area contributed by atoms with Crippen LogP contribution in [0.5, 0.6) is 0 Å². The highest BCUT2D eigenvalue weighted by molar-refractivity contribution is 6.17. The van der Waals surface area contributed by atoms with Crippen LogP contribution in [0.15, 0.2) is 42.7 Å². The number of rotatable bonds is 2. The molecule has 0 aliphatic heterocycles. The normalized spacial score (nSPS) is 8.81. The van der Waals surface area contributed by atoms with Gasteiger partial charge in [0.2, 0.25) is 0 Å². The maximum absolute atomic E-state index is 5.67. The number of halogens is 3. The van der Waals surface area contributed by atoms with Crippen LogP contribution in [0.2, 0.25) is 0 Å². The molecule has 0 saturated carbocycles. The second-order valence-corrected chi connectivity index (χ2v) is 3.17. The van der Waals surface area contributed by atoms with Crippen molar-refractivity contribution in [1.29, 1.82) is 0 Å². The maximum atomic E-state index is 5.67. The minimum atomic E-state index is 0. The van der Waals surface area contributed by atoms with Crippen LogP contribution in [0, 0.1) is 0 Å². The first-order valence-corrected chi connectivity index (χ1v) is 4.86. The quantitative estimate of drug-likeness (QED) is 0.782. The Morgan fingerprint density at radius 2 is 1.69 bits per heavy atom. The third-order valence-corrected chi connectivity index (χ3v) is 2.21. The number of hydrogen-bond acceptors (Lipinski definition) is 2. The van der Waals surface area contributed by atoms with Crippen LogP contribution in [0.1, 0.15) is 5.56 Å². The molecular formula is C11H11Cl3N2. The molecule has 5 heteroatoms. The predicted molar refractivity (Wildman–Crippen MR) is 71.5 cm³/mol. The minimum absolute atomic E-state index is 0. The zero-order valence-corrected chi connectivity index (χ0v) is 10.7. The Balaban J connectivity index is 0.00000112. The first-order valence-electron chi connectivity index (χ1n) is 4.32. The Morgan fingerprint density at radius 1 is 0.938 bits per heavy atom. The Hall–Kier alpha value is -0.830. The molecule has 0 atom stereocenters. The van der Waals surface area contributed by atoms with Gasteiger partial charge in [0.1, 0.15) is 0 Å². The maximum Gasteiger partial charge on any atom is 0.0886 e. The molecule has 0 spiro atoms. The van der Waals surface area contributed by atoms with Crippen LogP contribution >= 0.6 is 36.4 Å². The lowest BCUT2D eigenvalue weighted by atomic mass is 10.2. The van der Waals surface area contributed by atoms with Crippen LogP contribution in [-0.2, 0) is 5.88 Å². The summed E-state index contributed by atoms with van der Waals surface area (Å²) in [5, 5.41) is 0. The van der Waals surface area contributed by atoms with Crippen molar-refractivity contribution in [2.75, 3.05) is 0 Å². The van der Waals surface area contributed by atoms with E-state index in [9.17, 15) is 0 Å². The van der Waals surface area contributed by atoms with E-state index in [0.717, 1.165) is 17.0 Å². The molecule has 16 heavy (non-hydrogen) atoms. The van der Waals surface area contributed by atoms with E-state index in [0.29, 0.717) is 5.88 Å². The highest BCUT2D eigenvalue weighted by Gasteiger charge is 1.98. The van der Waals surface area contributed by atoms with Crippen molar-refractivity contribution in [2.45, 2.75) is 5.88 Å². The summed E-state index contributed by atoms with van der Waals surface area (Å²) in [4.78, 5) is 8.48. The summed E-state index contributed by atoms with van der Waals surface area (Å²) in [5.74, 6) is 0.496. The second-order valence-electron chi connectivity index (χ2n) is 2.90. The molecule has 0 N–H and O–H groups in total. The summed E-state index contributed by atoms with van der Waals surface area (Å²) < 4.78 is 0. The Kier molecular flexibility index (Phi) is 7.06. The molecule has 2 heterocycles. The lowest BCUT2D eigenvalue weighted by Gasteiger charge is -1.99. The van der Waals surface area contributed by atoms with Gasteiger partial charge in [0.05, 0.1) is 11.4 Å². The molecule has 0 aromatic carbocycles. The van der Waals surface area contributed by atoms with Gasteiger partial charge < -0.3 is 0 Å². The van der Waals surface area contributed by atoms with Gasteiger partial charge in [0.25, 0.3) is 0 Å².